The fraction of sp³-hybridized carbons (Fsp3) is 0.294. The molecular formula is C17H20O4. The molecule has 4 nitrogen and oxygen atoms in total. The highest BCUT2D eigenvalue weighted by Crippen LogP contribution is 2.19. The van der Waals surface area contributed by atoms with E-state index >= 15 is 0 Å². The Morgan fingerprint density at radius 2 is 1.57 bits per heavy atom. The molecule has 0 aliphatic rings. The van der Waals surface area contributed by atoms with Crippen LogP contribution in [0.5, 0.6) is 0 Å². The molecule has 0 saturated carbocycles. The third-order valence-corrected chi connectivity index (χ3v) is 3.15. The summed E-state index contributed by atoms with van der Waals surface area (Å²) in [4.78, 5) is 21.2. The maximum absolute atomic E-state index is 11.1. The summed E-state index contributed by atoms with van der Waals surface area (Å²) in [5.41, 5.74) is 4.19. The van der Waals surface area contributed by atoms with E-state index in [9.17, 15) is 9.59 Å². The number of carbonyl (C=O) groups is 2. The van der Waals surface area contributed by atoms with E-state index in [0.29, 0.717) is 6.47 Å². The SMILES string of the molecule is COC(=O)CC=C(C)c1ccc(C(C)=CCOC=O)cc1. The molecule has 0 heterocycles. The lowest BCUT2D eigenvalue weighted by Crippen LogP contribution is -1.97. The van der Waals surface area contributed by atoms with Crippen LogP contribution in [0.15, 0.2) is 36.4 Å². The molecule has 0 aliphatic carbocycles. The van der Waals surface area contributed by atoms with E-state index in [-0.39, 0.29) is 19.0 Å². The van der Waals surface area contributed by atoms with Crippen LogP contribution in [0.4, 0.5) is 0 Å². The molecule has 0 aliphatic heterocycles. The van der Waals surface area contributed by atoms with Crippen molar-refractivity contribution in [3.8, 4) is 0 Å². The summed E-state index contributed by atoms with van der Waals surface area (Å²) >= 11 is 0. The topological polar surface area (TPSA) is 52.6 Å². The third kappa shape index (κ3) is 5.65. The molecule has 0 N–H and O–H groups in total. The molecule has 112 valence electrons. The molecule has 0 fully saturated rings. The van der Waals surface area contributed by atoms with Gasteiger partial charge in [0.1, 0.15) is 6.61 Å². The highest BCUT2D eigenvalue weighted by atomic mass is 16.5. The minimum atomic E-state index is -0.250. The lowest BCUT2D eigenvalue weighted by Gasteiger charge is -2.05. The highest BCUT2D eigenvalue weighted by Gasteiger charge is 2.01. The Bertz CT molecular complexity index is 538. The number of allylic oxidation sites excluding steroid dienone is 2. The van der Waals surface area contributed by atoms with Gasteiger partial charge in [0.15, 0.2) is 0 Å². The first-order valence-corrected chi connectivity index (χ1v) is 6.65. The van der Waals surface area contributed by atoms with E-state index in [2.05, 4.69) is 9.47 Å². The third-order valence-electron chi connectivity index (χ3n) is 3.15. The number of methoxy groups -OCH3 is 1. The van der Waals surface area contributed by atoms with Crippen LogP contribution in [0.25, 0.3) is 11.1 Å². The first-order valence-electron chi connectivity index (χ1n) is 6.65. The van der Waals surface area contributed by atoms with Crippen LogP contribution in [0.2, 0.25) is 0 Å². The monoisotopic (exact) mass is 288 g/mol. The average Bonchev–Trinajstić information content (AvgIpc) is 2.52. The standard InChI is InChI=1S/C17H20O4/c1-13(4-9-17(19)20-3)15-5-7-16(8-6-15)14(2)10-11-21-12-18/h4-8,10,12H,9,11H2,1-3H3. The fourth-order valence-electron chi connectivity index (χ4n) is 1.76. The zero-order valence-corrected chi connectivity index (χ0v) is 12.6. The highest BCUT2D eigenvalue weighted by molar-refractivity contribution is 5.75. The minimum Gasteiger partial charge on any atom is -0.469 e. The van der Waals surface area contributed by atoms with Crippen LogP contribution in [0.3, 0.4) is 0 Å². The molecule has 21 heavy (non-hydrogen) atoms. The maximum atomic E-state index is 11.1. The van der Waals surface area contributed by atoms with Gasteiger partial charge >= 0.3 is 5.97 Å². The summed E-state index contributed by atoms with van der Waals surface area (Å²) in [7, 11) is 1.38. The maximum Gasteiger partial charge on any atom is 0.309 e. The number of ether oxygens (including phenoxy) is 2. The summed E-state index contributed by atoms with van der Waals surface area (Å²) in [6, 6.07) is 7.99. The summed E-state index contributed by atoms with van der Waals surface area (Å²) in [5, 5.41) is 0. The number of esters is 1. The lowest BCUT2D eigenvalue weighted by atomic mass is 10.0. The Labute approximate surface area is 125 Å². The predicted molar refractivity (Wildman–Crippen MR) is 82.4 cm³/mol. The van der Waals surface area contributed by atoms with Gasteiger partial charge in [-0.2, -0.15) is 0 Å². The van der Waals surface area contributed by atoms with Crippen molar-refractivity contribution in [2.24, 2.45) is 0 Å². The van der Waals surface area contributed by atoms with E-state index in [1.165, 1.54) is 7.11 Å². The molecule has 0 aromatic heterocycles. The van der Waals surface area contributed by atoms with E-state index in [0.717, 1.165) is 22.3 Å². The Morgan fingerprint density at radius 3 is 2.05 bits per heavy atom. The first-order chi connectivity index (χ1) is 10.1. The molecule has 0 spiro atoms. The molecule has 1 rings (SSSR count). The lowest BCUT2D eigenvalue weighted by molar-refractivity contribution is -0.139. The van der Waals surface area contributed by atoms with Crippen molar-refractivity contribution in [2.45, 2.75) is 20.3 Å². The van der Waals surface area contributed by atoms with Gasteiger partial charge in [0, 0.05) is 0 Å². The minimum absolute atomic E-state index is 0.250. The van der Waals surface area contributed by atoms with Crippen molar-refractivity contribution < 1.29 is 19.1 Å². The Morgan fingerprint density at radius 1 is 1.05 bits per heavy atom. The molecule has 0 radical (unpaired) electrons. The van der Waals surface area contributed by atoms with Gasteiger partial charge in [-0.25, -0.2) is 0 Å². The van der Waals surface area contributed by atoms with Crippen molar-refractivity contribution in [1.82, 2.24) is 0 Å². The molecule has 4 heteroatoms. The molecular weight excluding hydrogens is 268 g/mol. The van der Waals surface area contributed by atoms with Crippen LogP contribution < -0.4 is 0 Å². The molecule has 0 bridgehead atoms. The van der Waals surface area contributed by atoms with Crippen molar-refractivity contribution in [3.05, 3.63) is 47.5 Å². The number of benzene rings is 1. The normalized spacial score (nSPS) is 12.0. The second-order valence-electron chi connectivity index (χ2n) is 4.56. The summed E-state index contributed by atoms with van der Waals surface area (Å²) < 4.78 is 9.25. The van der Waals surface area contributed by atoms with Gasteiger partial charge in [0.25, 0.3) is 6.47 Å². The fourth-order valence-corrected chi connectivity index (χ4v) is 1.76. The molecule has 0 unspecified atom stereocenters. The Balaban J connectivity index is 2.75. The number of hydrogen-bond donors (Lipinski definition) is 0. The molecule has 0 saturated heterocycles. The second-order valence-corrected chi connectivity index (χ2v) is 4.56. The number of hydrogen-bond acceptors (Lipinski definition) is 4. The van der Waals surface area contributed by atoms with E-state index in [1.807, 2.05) is 50.3 Å². The van der Waals surface area contributed by atoms with Gasteiger partial charge in [0.05, 0.1) is 13.5 Å². The summed E-state index contributed by atoms with van der Waals surface area (Å²) in [5.74, 6) is -0.250. The predicted octanol–water partition coefficient (Wildman–Crippen LogP) is 3.23. The van der Waals surface area contributed by atoms with Crippen LogP contribution in [0, 0.1) is 0 Å². The number of rotatable bonds is 7. The molecule has 1 aromatic carbocycles. The zero-order chi connectivity index (χ0) is 15.7. The van der Waals surface area contributed by atoms with E-state index in [1.54, 1.807) is 0 Å². The van der Waals surface area contributed by atoms with Crippen LogP contribution in [-0.2, 0) is 19.1 Å². The van der Waals surface area contributed by atoms with Gasteiger partial charge in [-0.05, 0) is 42.2 Å². The smallest absolute Gasteiger partial charge is 0.309 e. The van der Waals surface area contributed by atoms with Gasteiger partial charge in [-0.3, -0.25) is 9.59 Å². The van der Waals surface area contributed by atoms with Crippen molar-refractivity contribution in [2.75, 3.05) is 13.7 Å². The summed E-state index contributed by atoms with van der Waals surface area (Å²) in [6.07, 6.45) is 3.97. The zero-order valence-electron chi connectivity index (χ0n) is 12.6. The summed E-state index contributed by atoms with van der Waals surface area (Å²) in [6.45, 7) is 4.62. The van der Waals surface area contributed by atoms with E-state index in [4.69, 9.17) is 0 Å². The number of carbonyl (C=O) groups excluding carboxylic acids is 2. The van der Waals surface area contributed by atoms with E-state index < -0.39 is 0 Å². The van der Waals surface area contributed by atoms with Gasteiger partial charge in [-0.15, -0.1) is 0 Å². The van der Waals surface area contributed by atoms with Gasteiger partial charge < -0.3 is 9.47 Å². The van der Waals surface area contributed by atoms with Crippen LogP contribution >= 0.6 is 0 Å². The molecule has 1 aromatic rings. The van der Waals surface area contributed by atoms with Crippen LogP contribution in [-0.4, -0.2) is 26.2 Å². The average molecular weight is 288 g/mol. The quantitative estimate of drug-likeness (QED) is 0.439. The molecule has 0 amide bonds. The Kier molecular flexibility index (Phi) is 6.95. The van der Waals surface area contributed by atoms with Gasteiger partial charge in [-0.1, -0.05) is 30.3 Å². The van der Waals surface area contributed by atoms with Crippen molar-refractivity contribution in [3.63, 3.8) is 0 Å². The first kappa shape index (κ1) is 16.7. The molecule has 0 atom stereocenters. The van der Waals surface area contributed by atoms with Gasteiger partial charge in [0.2, 0.25) is 0 Å². The van der Waals surface area contributed by atoms with Crippen molar-refractivity contribution >= 4 is 23.6 Å². The van der Waals surface area contributed by atoms with Crippen molar-refractivity contribution in [1.29, 1.82) is 0 Å². The Hall–Kier alpha value is -2.36. The second kappa shape index (κ2) is 8.74. The van der Waals surface area contributed by atoms with Crippen LogP contribution in [0.1, 0.15) is 31.4 Å². The largest absolute Gasteiger partial charge is 0.469 e.